The third-order valence-electron chi connectivity index (χ3n) is 5.29. The molecule has 4 rings (SSSR count). The first-order chi connectivity index (χ1) is 16.2. The maximum atomic E-state index is 13.2. The van der Waals surface area contributed by atoms with Gasteiger partial charge in [-0.3, -0.25) is 19.8 Å². The van der Waals surface area contributed by atoms with Crippen LogP contribution in [0.1, 0.15) is 27.2 Å². The SMILES string of the molecule is Cc1cc(C)cc(NC(=O)C(=O)Nn2c(C(=O)Nc3ccccc3C)cc3cc(Br)ccc32)c1. The predicted molar refractivity (Wildman–Crippen MR) is 138 cm³/mol. The fourth-order valence-corrected chi connectivity index (χ4v) is 4.14. The Morgan fingerprint density at radius 1 is 0.794 bits per heavy atom. The number of anilines is 2. The summed E-state index contributed by atoms with van der Waals surface area (Å²) in [5, 5.41) is 6.21. The second-order valence-electron chi connectivity index (χ2n) is 8.11. The summed E-state index contributed by atoms with van der Waals surface area (Å²) in [7, 11) is 0. The molecule has 0 aliphatic carbocycles. The van der Waals surface area contributed by atoms with Crippen molar-refractivity contribution in [1.29, 1.82) is 0 Å². The normalized spacial score (nSPS) is 10.7. The van der Waals surface area contributed by atoms with Gasteiger partial charge in [-0.25, -0.2) is 4.68 Å². The minimum absolute atomic E-state index is 0.184. The van der Waals surface area contributed by atoms with Gasteiger partial charge in [0, 0.05) is 21.2 Å². The molecular formula is C26H23BrN4O3. The number of aromatic nitrogens is 1. The highest BCUT2D eigenvalue weighted by Crippen LogP contribution is 2.24. The van der Waals surface area contributed by atoms with Crippen molar-refractivity contribution in [2.75, 3.05) is 16.1 Å². The molecule has 172 valence electrons. The van der Waals surface area contributed by atoms with Crippen molar-refractivity contribution in [2.24, 2.45) is 0 Å². The Morgan fingerprint density at radius 3 is 2.21 bits per heavy atom. The van der Waals surface area contributed by atoms with Crippen molar-refractivity contribution in [3.8, 4) is 0 Å². The highest BCUT2D eigenvalue weighted by Gasteiger charge is 2.21. The molecule has 0 unspecified atom stereocenters. The van der Waals surface area contributed by atoms with E-state index in [4.69, 9.17) is 0 Å². The van der Waals surface area contributed by atoms with Crippen LogP contribution in [0.4, 0.5) is 11.4 Å². The highest BCUT2D eigenvalue weighted by molar-refractivity contribution is 9.10. The van der Waals surface area contributed by atoms with Gasteiger partial charge in [0.25, 0.3) is 5.91 Å². The first kappa shape index (κ1) is 23.3. The van der Waals surface area contributed by atoms with Crippen LogP contribution in [0.5, 0.6) is 0 Å². The fraction of sp³-hybridized carbons (Fsp3) is 0.115. The van der Waals surface area contributed by atoms with Gasteiger partial charge >= 0.3 is 11.8 Å². The predicted octanol–water partition coefficient (Wildman–Crippen LogP) is 5.29. The van der Waals surface area contributed by atoms with Crippen LogP contribution in [-0.4, -0.2) is 22.4 Å². The van der Waals surface area contributed by atoms with Crippen LogP contribution in [0.25, 0.3) is 10.9 Å². The zero-order valence-electron chi connectivity index (χ0n) is 18.9. The van der Waals surface area contributed by atoms with Crippen molar-refractivity contribution >= 4 is 55.9 Å². The summed E-state index contributed by atoms with van der Waals surface area (Å²) in [4.78, 5) is 38.6. The molecule has 34 heavy (non-hydrogen) atoms. The number of nitrogens with one attached hydrogen (secondary N) is 3. The Balaban J connectivity index is 1.64. The standard InChI is InChI=1S/C26H23BrN4O3/c1-15-10-16(2)12-20(11-15)28-25(33)26(34)30-31-22-9-8-19(27)13-18(22)14-23(31)24(32)29-21-7-5-4-6-17(21)3/h4-14H,1-3H3,(H,28,33)(H,29,32)(H,30,34). The van der Waals surface area contributed by atoms with E-state index in [1.54, 1.807) is 36.4 Å². The molecule has 3 N–H and O–H groups in total. The van der Waals surface area contributed by atoms with Crippen LogP contribution in [0, 0.1) is 20.8 Å². The number of para-hydroxylation sites is 1. The van der Waals surface area contributed by atoms with Gasteiger partial charge in [-0.1, -0.05) is 40.2 Å². The van der Waals surface area contributed by atoms with Crippen LogP contribution in [0.2, 0.25) is 0 Å². The van der Waals surface area contributed by atoms with Gasteiger partial charge in [-0.2, -0.15) is 0 Å². The number of hydrogen-bond donors (Lipinski definition) is 3. The molecule has 1 aromatic heterocycles. The monoisotopic (exact) mass is 518 g/mol. The lowest BCUT2D eigenvalue weighted by Gasteiger charge is -2.14. The molecule has 0 saturated heterocycles. The maximum absolute atomic E-state index is 13.2. The van der Waals surface area contributed by atoms with Crippen molar-refractivity contribution in [2.45, 2.75) is 20.8 Å². The average Bonchev–Trinajstić information content (AvgIpc) is 3.12. The molecule has 7 nitrogen and oxygen atoms in total. The van der Waals surface area contributed by atoms with Crippen LogP contribution in [0.15, 0.2) is 71.2 Å². The summed E-state index contributed by atoms with van der Waals surface area (Å²) in [5.74, 6) is -2.16. The molecule has 3 aromatic carbocycles. The number of benzene rings is 3. The Kier molecular flexibility index (Phi) is 6.51. The van der Waals surface area contributed by atoms with Gasteiger partial charge in [-0.15, -0.1) is 0 Å². The van der Waals surface area contributed by atoms with Crippen LogP contribution >= 0.6 is 15.9 Å². The third kappa shape index (κ3) is 5.02. The van der Waals surface area contributed by atoms with Crippen LogP contribution < -0.4 is 16.1 Å². The van der Waals surface area contributed by atoms with E-state index in [1.165, 1.54) is 4.68 Å². The lowest BCUT2D eigenvalue weighted by atomic mass is 10.1. The minimum Gasteiger partial charge on any atom is -0.320 e. The Morgan fingerprint density at radius 2 is 1.50 bits per heavy atom. The van der Waals surface area contributed by atoms with Gasteiger partial charge in [0.2, 0.25) is 0 Å². The molecule has 0 spiro atoms. The molecule has 0 radical (unpaired) electrons. The van der Waals surface area contributed by atoms with Crippen LogP contribution in [0.3, 0.4) is 0 Å². The van der Waals surface area contributed by atoms with Gasteiger partial charge in [0.15, 0.2) is 0 Å². The molecule has 1 heterocycles. The number of fused-ring (bicyclic) bond motifs is 1. The first-order valence-corrected chi connectivity index (χ1v) is 11.4. The van der Waals surface area contributed by atoms with Crippen molar-refractivity contribution in [1.82, 2.24) is 4.68 Å². The zero-order chi connectivity index (χ0) is 24.4. The second-order valence-corrected chi connectivity index (χ2v) is 9.02. The smallest absolute Gasteiger partial charge is 0.320 e. The van der Waals surface area contributed by atoms with Crippen molar-refractivity contribution in [3.63, 3.8) is 0 Å². The number of nitrogens with zero attached hydrogens (tertiary/aromatic N) is 1. The second kappa shape index (κ2) is 9.52. The van der Waals surface area contributed by atoms with Crippen molar-refractivity contribution in [3.05, 3.63) is 93.6 Å². The lowest BCUT2D eigenvalue weighted by molar-refractivity contribution is -0.133. The maximum Gasteiger partial charge on any atom is 0.328 e. The fourth-order valence-electron chi connectivity index (χ4n) is 3.76. The Hall–Kier alpha value is -3.91. The number of rotatable bonds is 4. The summed E-state index contributed by atoms with van der Waals surface area (Å²) >= 11 is 3.43. The van der Waals surface area contributed by atoms with E-state index < -0.39 is 17.7 Å². The minimum atomic E-state index is -0.899. The van der Waals surface area contributed by atoms with Gasteiger partial charge in [-0.05, 0) is 79.9 Å². The molecule has 3 amide bonds. The Bertz CT molecular complexity index is 1420. The molecule has 4 aromatic rings. The number of halogens is 1. The molecular weight excluding hydrogens is 496 g/mol. The largest absolute Gasteiger partial charge is 0.328 e. The van der Waals surface area contributed by atoms with Gasteiger partial charge in [0.1, 0.15) is 5.69 Å². The number of carbonyl (C=O) groups is 3. The van der Waals surface area contributed by atoms with Gasteiger partial charge < -0.3 is 10.6 Å². The quantitative estimate of drug-likeness (QED) is 0.320. The highest BCUT2D eigenvalue weighted by atomic mass is 79.9. The average molecular weight is 519 g/mol. The molecule has 0 bridgehead atoms. The van der Waals surface area contributed by atoms with E-state index in [0.29, 0.717) is 16.9 Å². The van der Waals surface area contributed by atoms with Crippen LogP contribution in [-0.2, 0) is 9.59 Å². The molecule has 0 aliphatic rings. The molecule has 0 saturated carbocycles. The van der Waals surface area contributed by atoms with E-state index in [0.717, 1.165) is 26.5 Å². The number of aryl methyl sites for hydroxylation is 3. The summed E-state index contributed by atoms with van der Waals surface area (Å²) < 4.78 is 2.15. The van der Waals surface area contributed by atoms with E-state index in [9.17, 15) is 14.4 Å². The van der Waals surface area contributed by atoms with E-state index in [2.05, 4.69) is 32.0 Å². The summed E-state index contributed by atoms with van der Waals surface area (Å²) in [6.45, 7) is 5.71. The summed E-state index contributed by atoms with van der Waals surface area (Å²) in [5.41, 5.74) is 7.35. The van der Waals surface area contributed by atoms with E-state index in [-0.39, 0.29) is 5.69 Å². The van der Waals surface area contributed by atoms with E-state index >= 15 is 0 Å². The number of hydrogen-bond acceptors (Lipinski definition) is 3. The topological polar surface area (TPSA) is 92.2 Å². The third-order valence-corrected chi connectivity index (χ3v) is 5.78. The summed E-state index contributed by atoms with van der Waals surface area (Å²) in [6, 6.07) is 20.0. The molecule has 8 heteroatoms. The molecule has 0 aliphatic heterocycles. The molecule has 0 fully saturated rings. The number of carbonyl (C=O) groups excluding carboxylic acids is 3. The first-order valence-electron chi connectivity index (χ1n) is 10.6. The van der Waals surface area contributed by atoms with Crippen molar-refractivity contribution < 1.29 is 14.4 Å². The molecule has 0 atom stereocenters. The van der Waals surface area contributed by atoms with Gasteiger partial charge in [0.05, 0.1) is 5.52 Å². The zero-order valence-corrected chi connectivity index (χ0v) is 20.5. The lowest BCUT2D eigenvalue weighted by Crippen LogP contribution is -2.36. The van der Waals surface area contributed by atoms with E-state index in [1.807, 2.05) is 51.1 Å². The number of amides is 3. The Labute approximate surface area is 205 Å². The summed E-state index contributed by atoms with van der Waals surface area (Å²) in [6.07, 6.45) is 0.